The molecule has 3 heterocycles. The van der Waals surface area contributed by atoms with Crippen molar-refractivity contribution in [1.29, 1.82) is 0 Å². The van der Waals surface area contributed by atoms with Gasteiger partial charge in [0.25, 0.3) is 5.91 Å². The summed E-state index contributed by atoms with van der Waals surface area (Å²) in [5.41, 5.74) is 1.07. The number of rotatable bonds is 4. The monoisotopic (exact) mass is 398 g/mol. The number of nitrogens with one attached hydrogen (secondary N) is 2. The summed E-state index contributed by atoms with van der Waals surface area (Å²) in [4.78, 5) is 24.4. The summed E-state index contributed by atoms with van der Waals surface area (Å²) in [6.45, 7) is 4.41. The molecule has 0 aliphatic carbocycles. The van der Waals surface area contributed by atoms with E-state index in [0.29, 0.717) is 28.1 Å². The van der Waals surface area contributed by atoms with E-state index in [1.54, 1.807) is 30.9 Å². The molecule has 1 amide bonds. The summed E-state index contributed by atoms with van der Waals surface area (Å²) in [5.74, 6) is -0.808. The quantitative estimate of drug-likeness (QED) is 0.551. The molecule has 9 heteroatoms. The van der Waals surface area contributed by atoms with Crippen LogP contribution >= 0.6 is 0 Å². The van der Waals surface area contributed by atoms with Gasteiger partial charge in [-0.25, -0.2) is 18.7 Å². The first kappa shape index (κ1) is 19.0. The number of benzene rings is 1. The Morgan fingerprint density at radius 3 is 2.83 bits per heavy atom. The zero-order valence-corrected chi connectivity index (χ0v) is 16.4. The molecule has 4 rings (SSSR count). The Kier molecular flexibility index (Phi) is 4.33. The van der Waals surface area contributed by atoms with Crippen molar-refractivity contribution in [2.24, 2.45) is 7.05 Å². The maximum Gasteiger partial charge on any atom is 0.255 e. The van der Waals surface area contributed by atoms with Crippen molar-refractivity contribution >= 4 is 28.0 Å². The third-order valence-electron chi connectivity index (χ3n) is 5.06. The van der Waals surface area contributed by atoms with Gasteiger partial charge in [-0.15, -0.1) is 0 Å². The van der Waals surface area contributed by atoms with Crippen molar-refractivity contribution in [1.82, 2.24) is 30.0 Å². The number of hydrogen-bond donors (Lipinski definition) is 2. The molecular formula is C20H20F2N6O. The Bertz CT molecular complexity index is 1240. The van der Waals surface area contributed by atoms with E-state index in [0.717, 1.165) is 5.39 Å². The first-order valence-corrected chi connectivity index (χ1v) is 9.11. The van der Waals surface area contributed by atoms with Gasteiger partial charge in [-0.3, -0.25) is 9.48 Å². The molecule has 150 valence electrons. The van der Waals surface area contributed by atoms with Crippen molar-refractivity contribution in [3.05, 3.63) is 42.0 Å². The molecule has 1 atom stereocenters. The minimum absolute atomic E-state index is 0.261. The number of hydrogen-bond acceptors (Lipinski definition) is 4. The van der Waals surface area contributed by atoms with Gasteiger partial charge in [-0.1, -0.05) is 0 Å². The molecule has 1 unspecified atom stereocenters. The van der Waals surface area contributed by atoms with Gasteiger partial charge in [-0.05, 0) is 39.0 Å². The standard InChI is InChI=1S/C20H20F2N6O/c1-10(20(2,3)22)25-19(29)13-8-23-18-17(13)26-14(9-24-18)16-12-6-5-11(21)7-15(12)28(4)27-16/h5-10H,1-4H3,(H,23,24)(H,25,29). The lowest BCUT2D eigenvalue weighted by atomic mass is 10.0. The van der Waals surface area contributed by atoms with Crippen LogP contribution in [0.5, 0.6) is 0 Å². The molecule has 0 radical (unpaired) electrons. The second kappa shape index (κ2) is 6.61. The molecule has 29 heavy (non-hydrogen) atoms. The Morgan fingerprint density at radius 1 is 1.34 bits per heavy atom. The number of halogens is 2. The maximum absolute atomic E-state index is 14.1. The van der Waals surface area contributed by atoms with Gasteiger partial charge in [0.2, 0.25) is 0 Å². The highest BCUT2D eigenvalue weighted by molar-refractivity contribution is 6.05. The molecule has 3 aromatic heterocycles. The zero-order chi connectivity index (χ0) is 20.9. The average Bonchev–Trinajstić information content (AvgIpc) is 3.21. The molecular weight excluding hydrogens is 378 g/mol. The third-order valence-corrected chi connectivity index (χ3v) is 5.06. The molecule has 0 spiro atoms. The van der Waals surface area contributed by atoms with Crippen molar-refractivity contribution in [2.75, 3.05) is 0 Å². The first-order chi connectivity index (χ1) is 13.6. The Labute approximate surface area is 165 Å². The molecule has 4 aromatic rings. The van der Waals surface area contributed by atoms with Crippen LogP contribution < -0.4 is 5.32 Å². The van der Waals surface area contributed by atoms with Gasteiger partial charge in [0.1, 0.15) is 28.4 Å². The number of aryl methyl sites for hydroxylation is 1. The Morgan fingerprint density at radius 2 is 2.10 bits per heavy atom. The maximum atomic E-state index is 14.1. The van der Waals surface area contributed by atoms with Gasteiger partial charge >= 0.3 is 0 Å². The second-order valence-corrected chi connectivity index (χ2v) is 7.55. The normalized spacial score (nSPS) is 13.2. The number of nitrogens with zero attached hydrogens (tertiary/aromatic N) is 4. The fraction of sp³-hybridized carbons (Fsp3) is 0.300. The van der Waals surface area contributed by atoms with E-state index in [2.05, 4.69) is 25.4 Å². The van der Waals surface area contributed by atoms with E-state index < -0.39 is 17.6 Å². The van der Waals surface area contributed by atoms with E-state index in [-0.39, 0.29) is 11.4 Å². The summed E-state index contributed by atoms with van der Waals surface area (Å²) in [5, 5.41) is 7.80. The van der Waals surface area contributed by atoms with Crippen LogP contribution in [0.4, 0.5) is 8.78 Å². The molecule has 0 saturated carbocycles. The number of alkyl halides is 1. The molecule has 0 aliphatic heterocycles. The van der Waals surface area contributed by atoms with Crippen LogP contribution in [0.3, 0.4) is 0 Å². The lowest BCUT2D eigenvalue weighted by Crippen LogP contribution is -2.44. The Balaban J connectivity index is 1.78. The van der Waals surface area contributed by atoms with E-state index >= 15 is 0 Å². The molecule has 0 aliphatic rings. The smallest absolute Gasteiger partial charge is 0.255 e. The van der Waals surface area contributed by atoms with Crippen LogP contribution in [-0.2, 0) is 7.05 Å². The second-order valence-electron chi connectivity index (χ2n) is 7.55. The van der Waals surface area contributed by atoms with Crippen molar-refractivity contribution in [3.63, 3.8) is 0 Å². The highest BCUT2D eigenvalue weighted by Gasteiger charge is 2.28. The minimum Gasteiger partial charge on any atom is -0.346 e. The van der Waals surface area contributed by atoms with Gasteiger partial charge in [0, 0.05) is 18.6 Å². The van der Waals surface area contributed by atoms with Gasteiger partial charge < -0.3 is 10.3 Å². The SMILES string of the molecule is CC(NC(=O)c1c[nH]c2ncc(-c3nn(C)c4cc(F)ccc34)nc12)C(C)(C)F. The predicted octanol–water partition coefficient (Wildman–Crippen LogP) is 3.52. The van der Waals surface area contributed by atoms with Crippen LogP contribution in [0.2, 0.25) is 0 Å². The highest BCUT2D eigenvalue weighted by Crippen LogP contribution is 2.28. The van der Waals surface area contributed by atoms with E-state index in [1.165, 1.54) is 32.2 Å². The van der Waals surface area contributed by atoms with Crippen LogP contribution in [0.1, 0.15) is 31.1 Å². The summed E-state index contributed by atoms with van der Waals surface area (Å²) >= 11 is 0. The fourth-order valence-electron chi connectivity index (χ4n) is 3.04. The Hall–Kier alpha value is -3.36. The van der Waals surface area contributed by atoms with Gasteiger partial charge in [0.15, 0.2) is 5.65 Å². The number of amides is 1. The lowest BCUT2D eigenvalue weighted by molar-refractivity contribution is 0.0865. The summed E-state index contributed by atoms with van der Waals surface area (Å²) in [6, 6.07) is 3.70. The molecule has 7 nitrogen and oxygen atoms in total. The van der Waals surface area contributed by atoms with Crippen LogP contribution in [0.25, 0.3) is 33.5 Å². The summed E-state index contributed by atoms with van der Waals surface area (Å²) < 4.78 is 29.2. The van der Waals surface area contributed by atoms with Crippen LogP contribution in [0.15, 0.2) is 30.6 Å². The molecule has 0 saturated heterocycles. The highest BCUT2D eigenvalue weighted by atomic mass is 19.1. The summed E-state index contributed by atoms with van der Waals surface area (Å²) in [7, 11) is 1.71. The van der Waals surface area contributed by atoms with Gasteiger partial charge in [0.05, 0.1) is 23.3 Å². The lowest BCUT2D eigenvalue weighted by Gasteiger charge is -2.23. The number of aromatic nitrogens is 5. The number of fused-ring (bicyclic) bond motifs is 2. The number of H-pyrrole nitrogens is 1. The molecule has 1 aromatic carbocycles. The number of carbonyl (C=O) groups excluding carboxylic acids is 1. The van der Waals surface area contributed by atoms with Gasteiger partial charge in [-0.2, -0.15) is 5.10 Å². The average molecular weight is 398 g/mol. The van der Waals surface area contributed by atoms with Crippen LogP contribution in [-0.4, -0.2) is 42.4 Å². The van der Waals surface area contributed by atoms with Crippen molar-refractivity contribution in [3.8, 4) is 11.4 Å². The molecule has 2 N–H and O–H groups in total. The zero-order valence-electron chi connectivity index (χ0n) is 16.4. The largest absolute Gasteiger partial charge is 0.346 e. The van der Waals surface area contributed by atoms with E-state index in [9.17, 15) is 13.6 Å². The van der Waals surface area contributed by atoms with E-state index in [1.807, 2.05) is 0 Å². The fourth-order valence-corrected chi connectivity index (χ4v) is 3.04. The molecule has 0 fully saturated rings. The molecule has 0 bridgehead atoms. The van der Waals surface area contributed by atoms with Crippen molar-refractivity contribution in [2.45, 2.75) is 32.5 Å². The topological polar surface area (TPSA) is 88.5 Å². The number of carbonyl (C=O) groups is 1. The summed E-state index contributed by atoms with van der Waals surface area (Å²) in [6.07, 6.45) is 3.03. The number of aromatic amines is 1. The third kappa shape index (κ3) is 3.32. The van der Waals surface area contributed by atoms with E-state index in [4.69, 9.17) is 0 Å². The van der Waals surface area contributed by atoms with Crippen LogP contribution in [0, 0.1) is 5.82 Å². The predicted molar refractivity (Wildman–Crippen MR) is 106 cm³/mol. The minimum atomic E-state index is -1.57. The van der Waals surface area contributed by atoms with Crippen molar-refractivity contribution < 1.29 is 13.6 Å². The first-order valence-electron chi connectivity index (χ1n) is 9.11.